The third-order valence-corrected chi connectivity index (χ3v) is 4.91. The number of anilines is 3. The van der Waals surface area contributed by atoms with Crippen LogP contribution in [0, 0.1) is 0 Å². The van der Waals surface area contributed by atoms with E-state index in [4.69, 9.17) is 16.3 Å². The molecule has 0 saturated carbocycles. The predicted molar refractivity (Wildman–Crippen MR) is 98.7 cm³/mol. The third-order valence-electron chi connectivity index (χ3n) is 4.61. The molecule has 2 aromatic rings. The van der Waals surface area contributed by atoms with E-state index in [0.717, 1.165) is 69.9 Å². The Kier molecular flexibility index (Phi) is 4.85. The molecule has 4 heterocycles. The van der Waals surface area contributed by atoms with E-state index in [2.05, 4.69) is 42.0 Å². The Morgan fingerprint density at radius 1 is 0.800 bits per heavy atom. The van der Waals surface area contributed by atoms with Crippen molar-refractivity contribution in [2.45, 2.75) is 0 Å². The Hall–Kier alpha value is -2.12. The second-order valence-corrected chi connectivity index (χ2v) is 6.54. The van der Waals surface area contributed by atoms with Crippen LogP contribution < -0.4 is 14.7 Å². The van der Waals surface area contributed by atoms with Gasteiger partial charge in [0, 0.05) is 45.5 Å². The van der Waals surface area contributed by atoms with Gasteiger partial charge in [0.25, 0.3) is 0 Å². The summed E-state index contributed by atoms with van der Waals surface area (Å²) in [6.45, 7) is 6.72. The molecule has 25 heavy (non-hydrogen) atoms. The summed E-state index contributed by atoms with van der Waals surface area (Å²) in [7, 11) is 0. The summed E-state index contributed by atoms with van der Waals surface area (Å²) in [4.78, 5) is 11.1. The van der Waals surface area contributed by atoms with E-state index in [9.17, 15) is 0 Å². The number of nitrogens with zero attached hydrogens (tertiary/aromatic N) is 6. The van der Waals surface area contributed by atoms with Gasteiger partial charge in [-0.3, -0.25) is 0 Å². The van der Waals surface area contributed by atoms with E-state index in [1.165, 1.54) is 0 Å². The number of hydrogen-bond donors (Lipinski definition) is 0. The monoisotopic (exact) mass is 360 g/mol. The smallest absolute Gasteiger partial charge is 0.151 e. The Morgan fingerprint density at radius 2 is 1.40 bits per heavy atom. The number of morpholine rings is 1. The highest BCUT2D eigenvalue weighted by Crippen LogP contribution is 2.24. The van der Waals surface area contributed by atoms with Crippen LogP contribution in [0.5, 0.6) is 0 Å². The molecule has 0 aliphatic carbocycles. The van der Waals surface area contributed by atoms with Crippen LogP contribution >= 0.6 is 11.6 Å². The molecule has 2 aromatic heterocycles. The summed E-state index contributed by atoms with van der Waals surface area (Å²) in [6, 6.07) is 7.84. The molecule has 0 spiro atoms. The fourth-order valence-corrected chi connectivity index (χ4v) is 3.45. The Bertz CT molecular complexity index is 699. The summed E-state index contributed by atoms with van der Waals surface area (Å²) in [5.74, 6) is 2.70. The van der Waals surface area contributed by atoms with Gasteiger partial charge in [-0.2, -0.15) is 0 Å². The molecular weight excluding hydrogens is 340 g/mol. The largest absolute Gasteiger partial charge is 0.378 e. The topological polar surface area (TPSA) is 57.6 Å². The molecule has 2 fully saturated rings. The van der Waals surface area contributed by atoms with Crippen LogP contribution in [-0.4, -0.2) is 67.7 Å². The number of aromatic nitrogens is 3. The lowest BCUT2D eigenvalue weighted by Gasteiger charge is -2.36. The van der Waals surface area contributed by atoms with Crippen molar-refractivity contribution in [2.24, 2.45) is 0 Å². The number of piperazine rings is 1. The van der Waals surface area contributed by atoms with E-state index in [-0.39, 0.29) is 0 Å². The molecule has 2 aliphatic heterocycles. The Balaban J connectivity index is 1.38. The van der Waals surface area contributed by atoms with Crippen LogP contribution in [0.3, 0.4) is 0 Å². The third kappa shape index (κ3) is 3.62. The first kappa shape index (κ1) is 16.4. The van der Waals surface area contributed by atoms with Crippen molar-refractivity contribution in [2.75, 3.05) is 67.2 Å². The zero-order chi connectivity index (χ0) is 17.1. The Labute approximate surface area is 152 Å². The SMILES string of the molecule is Clc1cccnc1N1CCN(c2ccc(N3CCOCC3)nn2)CC1. The first-order valence-electron chi connectivity index (χ1n) is 8.58. The van der Waals surface area contributed by atoms with E-state index in [1.807, 2.05) is 12.1 Å². The van der Waals surface area contributed by atoms with Crippen LogP contribution in [-0.2, 0) is 4.74 Å². The van der Waals surface area contributed by atoms with Crippen molar-refractivity contribution in [1.82, 2.24) is 15.2 Å². The lowest BCUT2D eigenvalue weighted by Crippen LogP contribution is -2.47. The molecule has 0 N–H and O–H groups in total. The number of hydrogen-bond acceptors (Lipinski definition) is 7. The molecule has 7 nitrogen and oxygen atoms in total. The summed E-state index contributed by atoms with van der Waals surface area (Å²) in [6.07, 6.45) is 1.78. The molecule has 2 aliphatic rings. The molecular formula is C17H21ClN6O. The molecule has 0 bridgehead atoms. The van der Waals surface area contributed by atoms with Gasteiger partial charge >= 0.3 is 0 Å². The fourth-order valence-electron chi connectivity index (χ4n) is 3.21. The minimum Gasteiger partial charge on any atom is -0.378 e. The molecule has 4 rings (SSSR count). The molecule has 0 aromatic carbocycles. The first-order valence-corrected chi connectivity index (χ1v) is 8.96. The van der Waals surface area contributed by atoms with Gasteiger partial charge in [-0.25, -0.2) is 4.98 Å². The van der Waals surface area contributed by atoms with Gasteiger partial charge in [0.15, 0.2) is 11.6 Å². The number of rotatable bonds is 3. The van der Waals surface area contributed by atoms with E-state index in [0.29, 0.717) is 5.02 Å². The van der Waals surface area contributed by atoms with E-state index < -0.39 is 0 Å². The highest BCUT2D eigenvalue weighted by atomic mass is 35.5. The van der Waals surface area contributed by atoms with Crippen molar-refractivity contribution in [3.05, 3.63) is 35.5 Å². The average Bonchev–Trinajstić information content (AvgIpc) is 2.69. The summed E-state index contributed by atoms with van der Waals surface area (Å²) in [5.41, 5.74) is 0. The zero-order valence-electron chi connectivity index (χ0n) is 14.0. The standard InChI is InChI=1S/C17H21ClN6O/c18-14-2-1-5-19-17(14)24-8-6-22(7-9-24)15-3-4-16(21-20-15)23-10-12-25-13-11-23/h1-5H,6-13H2. The van der Waals surface area contributed by atoms with Crippen LogP contribution in [0.25, 0.3) is 0 Å². The molecule has 8 heteroatoms. The van der Waals surface area contributed by atoms with Gasteiger partial charge in [-0.15, -0.1) is 10.2 Å². The van der Waals surface area contributed by atoms with Gasteiger partial charge in [-0.1, -0.05) is 11.6 Å². The maximum Gasteiger partial charge on any atom is 0.151 e. The minimum absolute atomic E-state index is 0.700. The van der Waals surface area contributed by atoms with Gasteiger partial charge < -0.3 is 19.4 Å². The van der Waals surface area contributed by atoms with Crippen LogP contribution in [0.2, 0.25) is 5.02 Å². The maximum atomic E-state index is 6.25. The molecule has 0 radical (unpaired) electrons. The minimum atomic E-state index is 0.700. The second kappa shape index (κ2) is 7.41. The van der Waals surface area contributed by atoms with Gasteiger partial charge in [0.1, 0.15) is 5.82 Å². The van der Waals surface area contributed by atoms with Crippen LogP contribution in [0.15, 0.2) is 30.5 Å². The van der Waals surface area contributed by atoms with Crippen LogP contribution in [0.1, 0.15) is 0 Å². The maximum absolute atomic E-state index is 6.25. The van der Waals surface area contributed by atoms with Gasteiger partial charge in [-0.05, 0) is 24.3 Å². The summed E-state index contributed by atoms with van der Waals surface area (Å²) in [5, 5.41) is 9.53. The molecule has 132 valence electrons. The van der Waals surface area contributed by atoms with Crippen molar-refractivity contribution < 1.29 is 4.74 Å². The van der Waals surface area contributed by atoms with E-state index >= 15 is 0 Å². The van der Waals surface area contributed by atoms with Crippen LogP contribution in [0.4, 0.5) is 17.5 Å². The quantitative estimate of drug-likeness (QED) is 0.825. The van der Waals surface area contributed by atoms with Crippen molar-refractivity contribution in [1.29, 1.82) is 0 Å². The van der Waals surface area contributed by atoms with Crippen molar-refractivity contribution in [3.8, 4) is 0 Å². The normalized spacial score (nSPS) is 18.5. The number of pyridine rings is 1. The molecule has 0 unspecified atom stereocenters. The Morgan fingerprint density at radius 3 is 2.00 bits per heavy atom. The second-order valence-electron chi connectivity index (χ2n) is 6.13. The van der Waals surface area contributed by atoms with Crippen molar-refractivity contribution in [3.63, 3.8) is 0 Å². The van der Waals surface area contributed by atoms with Gasteiger partial charge in [0.2, 0.25) is 0 Å². The highest BCUT2D eigenvalue weighted by molar-refractivity contribution is 6.32. The number of ether oxygens (including phenoxy) is 1. The predicted octanol–water partition coefficient (Wildman–Crippen LogP) is 1.69. The molecule has 2 saturated heterocycles. The van der Waals surface area contributed by atoms with Gasteiger partial charge in [0.05, 0.1) is 18.2 Å². The van der Waals surface area contributed by atoms with Crippen molar-refractivity contribution >= 4 is 29.1 Å². The number of halogens is 1. The first-order chi connectivity index (χ1) is 12.3. The lowest BCUT2D eigenvalue weighted by atomic mass is 10.3. The lowest BCUT2D eigenvalue weighted by molar-refractivity contribution is 0.122. The average molecular weight is 361 g/mol. The summed E-state index contributed by atoms with van der Waals surface area (Å²) >= 11 is 6.25. The van der Waals surface area contributed by atoms with E-state index in [1.54, 1.807) is 6.20 Å². The molecule has 0 amide bonds. The summed E-state index contributed by atoms with van der Waals surface area (Å²) < 4.78 is 5.38. The molecule has 0 atom stereocenters. The zero-order valence-corrected chi connectivity index (χ0v) is 14.8. The highest BCUT2D eigenvalue weighted by Gasteiger charge is 2.21. The fraction of sp³-hybridized carbons (Fsp3) is 0.471.